The molecule has 1 amide bonds. The summed E-state index contributed by atoms with van der Waals surface area (Å²) in [5.74, 6) is -1.98. The summed E-state index contributed by atoms with van der Waals surface area (Å²) in [4.78, 5) is 27.6. The van der Waals surface area contributed by atoms with Gasteiger partial charge in [-0.25, -0.2) is 0 Å². The van der Waals surface area contributed by atoms with Crippen molar-refractivity contribution in [2.24, 2.45) is 0 Å². The van der Waals surface area contributed by atoms with Crippen LogP contribution in [-0.4, -0.2) is 33.6 Å². The van der Waals surface area contributed by atoms with E-state index in [-0.39, 0.29) is 22.7 Å². The smallest absolute Gasteiger partial charge is 0.373 e. The Morgan fingerprint density at radius 1 is 1.08 bits per heavy atom. The second-order valence-corrected chi connectivity index (χ2v) is 5.15. The number of pyridine rings is 1. The molecule has 0 aliphatic carbocycles. The molecule has 0 bridgehead atoms. The molecule has 0 aliphatic heterocycles. The van der Waals surface area contributed by atoms with Crippen molar-refractivity contribution in [2.45, 2.75) is 18.7 Å². The van der Waals surface area contributed by atoms with Crippen molar-refractivity contribution in [1.82, 2.24) is 4.98 Å². The summed E-state index contributed by atoms with van der Waals surface area (Å²) >= 11 is 0. The lowest BCUT2D eigenvalue weighted by Gasteiger charge is -2.24. The Morgan fingerprint density at radius 2 is 1.71 bits per heavy atom. The predicted molar refractivity (Wildman–Crippen MR) is 79.4 cm³/mol. The van der Waals surface area contributed by atoms with Gasteiger partial charge in [-0.2, -0.15) is 13.2 Å². The first-order valence-corrected chi connectivity index (χ1v) is 6.79. The number of halogens is 3. The summed E-state index contributed by atoms with van der Waals surface area (Å²) in [7, 11) is 0. The molecule has 8 heteroatoms. The van der Waals surface area contributed by atoms with Crippen LogP contribution in [0.5, 0.6) is 0 Å². The Bertz CT molecular complexity index is 741. The van der Waals surface area contributed by atoms with E-state index in [1.165, 1.54) is 36.5 Å². The van der Waals surface area contributed by atoms with E-state index >= 15 is 0 Å². The van der Waals surface area contributed by atoms with E-state index in [9.17, 15) is 27.9 Å². The molecule has 0 aliphatic rings. The Hall–Kier alpha value is -2.74. The minimum absolute atomic E-state index is 0.0158. The highest BCUT2D eigenvalue weighted by Crippen LogP contribution is 2.31. The molecule has 0 radical (unpaired) electrons. The number of hydrogen-bond donors (Lipinski definition) is 2. The van der Waals surface area contributed by atoms with Crippen LogP contribution in [-0.2, 0) is 4.79 Å². The molecule has 2 aromatic rings. The third kappa shape index (κ3) is 3.60. The van der Waals surface area contributed by atoms with Gasteiger partial charge in [-0.1, -0.05) is 6.07 Å². The van der Waals surface area contributed by atoms with Crippen molar-refractivity contribution >= 4 is 17.4 Å². The quantitative estimate of drug-likeness (QED) is 0.840. The van der Waals surface area contributed by atoms with Crippen LogP contribution in [0.25, 0.3) is 0 Å². The first-order chi connectivity index (χ1) is 11.1. The van der Waals surface area contributed by atoms with Crippen LogP contribution in [0.1, 0.15) is 23.0 Å². The van der Waals surface area contributed by atoms with E-state index in [2.05, 4.69) is 4.98 Å². The van der Waals surface area contributed by atoms with Crippen LogP contribution in [0, 0.1) is 0 Å². The fourth-order valence-electron chi connectivity index (χ4n) is 1.73. The van der Waals surface area contributed by atoms with E-state index in [0.29, 0.717) is 6.92 Å². The van der Waals surface area contributed by atoms with Crippen molar-refractivity contribution in [2.75, 3.05) is 5.32 Å². The molecule has 1 heterocycles. The standard InChI is InChI=1S/C16H13F3N2O3/c1-15(24,16(17,18)19)14(23)21-11-7-5-10(6-8-11)13(22)12-4-2-3-9-20-12/h2-9,24H,1H3,(H,21,23). The van der Waals surface area contributed by atoms with Gasteiger partial charge in [-0.05, 0) is 43.3 Å². The van der Waals surface area contributed by atoms with Crippen molar-refractivity contribution in [3.8, 4) is 0 Å². The van der Waals surface area contributed by atoms with Crippen LogP contribution in [0.4, 0.5) is 18.9 Å². The number of aliphatic hydroxyl groups is 1. The third-order valence-corrected chi connectivity index (χ3v) is 3.30. The Labute approximate surface area is 135 Å². The average molecular weight is 338 g/mol. The molecule has 1 atom stereocenters. The average Bonchev–Trinajstić information content (AvgIpc) is 2.54. The number of alkyl halides is 3. The summed E-state index contributed by atoms with van der Waals surface area (Å²) in [5.41, 5.74) is -3.03. The molecule has 2 rings (SSSR count). The zero-order chi connectivity index (χ0) is 18.0. The summed E-state index contributed by atoms with van der Waals surface area (Å²) in [6.07, 6.45) is -3.65. The molecule has 0 fully saturated rings. The number of amides is 1. The number of anilines is 1. The molecular formula is C16H13F3N2O3. The molecule has 5 nitrogen and oxygen atoms in total. The van der Waals surface area contributed by atoms with Crippen molar-refractivity contribution < 1.29 is 27.9 Å². The van der Waals surface area contributed by atoms with E-state index in [1.54, 1.807) is 12.1 Å². The summed E-state index contributed by atoms with van der Waals surface area (Å²) in [6, 6.07) is 10.0. The zero-order valence-electron chi connectivity index (χ0n) is 12.5. The fraction of sp³-hybridized carbons (Fsp3) is 0.188. The Balaban J connectivity index is 2.13. The van der Waals surface area contributed by atoms with Crippen LogP contribution in [0.3, 0.4) is 0 Å². The number of nitrogens with zero attached hydrogens (tertiary/aromatic N) is 1. The minimum Gasteiger partial charge on any atom is -0.373 e. The number of hydrogen-bond acceptors (Lipinski definition) is 4. The fourth-order valence-corrected chi connectivity index (χ4v) is 1.73. The van der Waals surface area contributed by atoms with Gasteiger partial charge in [0, 0.05) is 17.4 Å². The Kier molecular flexibility index (Phi) is 4.70. The number of aromatic nitrogens is 1. The van der Waals surface area contributed by atoms with Crippen LogP contribution in [0.15, 0.2) is 48.7 Å². The number of benzene rings is 1. The summed E-state index contributed by atoms with van der Waals surface area (Å²) in [6.45, 7) is 0.362. The van der Waals surface area contributed by atoms with E-state index in [1.807, 2.05) is 5.32 Å². The van der Waals surface area contributed by atoms with E-state index < -0.39 is 17.7 Å². The maximum absolute atomic E-state index is 12.6. The van der Waals surface area contributed by atoms with Gasteiger partial charge in [-0.15, -0.1) is 0 Å². The largest absolute Gasteiger partial charge is 0.426 e. The van der Waals surface area contributed by atoms with Gasteiger partial charge >= 0.3 is 6.18 Å². The van der Waals surface area contributed by atoms with Crippen LogP contribution >= 0.6 is 0 Å². The van der Waals surface area contributed by atoms with E-state index in [4.69, 9.17) is 0 Å². The monoisotopic (exact) mass is 338 g/mol. The van der Waals surface area contributed by atoms with E-state index in [0.717, 1.165) is 0 Å². The molecule has 126 valence electrons. The molecule has 0 saturated heterocycles. The topological polar surface area (TPSA) is 79.3 Å². The second kappa shape index (κ2) is 6.40. The molecule has 1 aromatic heterocycles. The lowest BCUT2D eigenvalue weighted by molar-refractivity contribution is -0.242. The molecule has 1 unspecified atom stereocenters. The summed E-state index contributed by atoms with van der Waals surface area (Å²) in [5, 5.41) is 11.2. The molecular weight excluding hydrogens is 325 g/mol. The second-order valence-electron chi connectivity index (χ2n) is 5.15. The number of rotatable bonds is 4. The number of carbonyl (C=O) groups is 2. The first-order valence-electron chi connectivity index (χ1n) is 6.79. The maximum atomic E-state index is 12.6. The number of carbonyl (C=O) groups excluding carboxylic acids is 2. The summed E-state index contributed by atoms with van der Waals surface area (Å²) < 4.78 is 37.7. The molecule has 0 spiro atoms. The third-order valence-electron chi connectivity index (χ3n) is 3.30. The molecule has 1 aromatic carbocycles. The van der Waals surface area contributed by atoms with Gasteiger partial charge in [-0.3, -0.25) is 14.6 Å². The molecule has 0 saturated carbocycles. The maximum Gasteiger partial charge on any atom is 0.426 e. The highest BCUT2D eigenvalue weighted by atomic mass is 19.4. The van der Waals surface area contributed by atoms with Gasteiger partial charge in [0.15, 0.2) is 0 Å². The number of nitrogens with one attached hydrogen (secondary N) is 1. The molecule has 2 N–H and O–H groups in total. The Morgan fingerprint density at radius 3 is 2.21 bits per heavy atom. The van der Waals surface area contributed by atoms with Crippen LogP contribution in [0.2, 0.25) is 0 Å². The molecule has 24 heavy (non-hydrogen) atoms. The first kappa shape index (κ1) is 17.6. The van der Waals surface area contributed by atoms with Crippen LogP contribution < -0.4 is 5.32 Å². The van der Waals surface area contributed by atoms with Gasteiger partial charge < -0.3 is 10.4 Å². The van der Waals surface area contributed by atoms with Gasteiger partial charge in [0.2, 0.25) is 11.4 Å². The lowest BCUT2D eigenvalue weighted by atomic mass is 10.0. The normalized spacial score (nSPS) is 13.9. The lowest BCUT2D eigenvalue weighted by Crippen LogP contribution is -2.52. The van der Waals surface area contributed by atoms with Gasteiger partial charge in [0.1, 0.15) is 5.69 Å². The highest BCUT2D eigenvalue weighted by molar-refractivity contribution is 6.08. The highest BCUT2D eigenvalue weighted by Gasteiger charge is 2.55. The van der Waals surface area contributed by atoms with Crippen molar-refractivity contribution in [3.05, 3.63) is 59.9 Å². The number of ketones is 1. The van der Waals surface area contributed by atoms with Crippen molar-refractivity contribution in [3.63, 3.8) is 0 Å². The predicted octanol–water partition coefficient (Wildman–Crippen LogP) is 2.56. The van der Waals surface area contributed by atoms with Crippen molar-refractivity contribution in [1.29, 1.82) is 0 Å². The van der Waals surface area contributed by atoms with Gasteiger partial charge in [0.05, 0.1) is 0 Å². The SMILES string of the molecule is CC(O)(C(=O)Nc1ccc(C(=O)c2ccccn2)cc1)C(F)(F)F. The zero-order valence-corrected chi connectivity index (χ0v) is 12.5. The van der Waals surface area contributed by atoms with Gasteiger partial charge in [0.25, 0.3) is 5.91 Å². The minimum atomic E-state index is -5.11.